The molecule has 0 bridgehead atoms. The van der Waals surface area contributed by atoms with Gasteiger partial charge in [-0.25, -0.2) is 4.39 Å². The third-order valence-corrected chi connectivity index (χ3v) is 5.48. The number of hydrogen-bond acceptors (Lipinski definition) is 4. The van der Waals surface area contributed by atoms with Crippen molar-refractivity contribution in [2.24, 2.45) is 0 Å². The smallest absolute Gasteiger partial charge is 0.234 e. The molecule has 1 aromatic heterocycles. The van der Waals surface area contributed by atoms with Crippen LogP contribution in [-0.2, 0) is 16.8 Å². The lowest BCUT2D eigenvalue weighted by molar-refractivity contribution is -0.113. The quantitative estimate of drug-likeness (QED) is 0.413. The number of aromatic nitrogens is 3. The monoisotopic (exact) mass is 424 g/mol. The molecule has 1 N–H and O–H groups in total. The van der Waals surface area contributed by atoms with Crippen LogP contribution in [0.15, 0.2) is 66.3 Å². The summed E-state index contributed by atoms with van der Waals surface area (Å²) in [7, 11) is 0. The number of nitrogens with one attached hydrogen (secondary N) is 1. The molecule has 0 atom stereocenters. The fraction of sp³-hybridized carbons (Fsp3) is 0.261. The third kappa shape index (κ3) is 5.16. The van der Waals surface area contributed by atoms with Crippen molar-refractivity contribution < 1.29 is 9.18 Å². The van der Waals surface area contributed by atoms with Crippen molar-refractivity contribution in [2.45, 2.75) is 37.9 Å². The Labute approximate surface area is 180 Å². The molecule has 0 spiro atoms. The van der Waals surface area contributed by atoms with E-state index in [4.69, 9.17) is 0 Å². The van der Waals surface area contributed by atoms with Crippen LogP contribution < -0.4 is 5.32 Å². The minimum absolute atomic E-state index is 0.0591. The van der Waals surface area contributed by atoms with Crippen LogP contribution in [-0.4, -0.2) is 26.4 Å². The number of benzene rings is 2. The van der Waals surface area contributed by atoms with Crippen molar-refractivity contribution in [3.63, 3.8) is 0 Å². The first kappa shape index (κ1) is 21.8. The molecular weight excluding hydrogens is 399 g/mol. The van der Waals surface area contributed by atoms with Crippen LogP contribution in [0.5, 0.6) is 0 Å². The average Bonchev–Trinajstić information content (AvgIpc) is 3.09. The van der Waals surface area contributed by atoms with Gasteiger partial charge in [0.2, 0.25) is 5.91 Å². The topological polar surface area (TPSA) is 59.8 Å². The summed E-state index contributed by atoms with van der Waals surface area (Å²) in [5, 5.41) is 11.7. The zero-order valence-electron chi connectivity index (χ0n) is 17.4. The fourth-order valence-electron chi connectivity index (χ4n) is 2.91. The summed E-state index contributed by atoms with van der Waals surface area (Å²) in [4.78, 5) is 12.4. The van der Waals surface area contributed by atoms with Crippen LogP contribution in [0, 0.1) is 5.82 Å². The Hall–Kier alpha value is -2.93. The van der Waals surface area contributed by atoms with E-state index in [0.717, 1.165) is 5.69 Å². The summed E-state index contributed by atoms with van der Waals surface area (Å²) in [5.74, 6) is 0.0501. The van der Waals surface area contributed by atoms with Gasteiger partial charge in [0, 0.05) is 12.2 Å². The normalized spacial score (nSPS) is 11.3. The van der Waals surface area contributed by atoms with Crippen molar-refractivity contribution in [3.8, 4) is 11.4 Å². The Morgan fingerprint density at radius 3 is 2.50 bits per heavy atom. The molecule has 0 aliphatic rings. The Kier molecular flexibility index (Phi) is 6.72. The molecule has 1 amide bonds. The van der Waals surface area contributed by atoms with Gasteiger partial charge < -0.3 is 5.32 Å². The number of nitrogens with zero attached hydrogens (tertiary/aromatic N) is 3. The molecule has 0 aliphatic heterocycles. The van der Waals surface area contributed by atoms with Crippen molar-refractivity contribution in [1.82, 2.24) is 14.8 Å². The number of amides is 1. The predicted molar refractivity (Wildman–Crippen MR) is 120 cm³/mol. The Bertz CT molecular complexity index is 1040. The molecule has 0 unspecified atom stereocenters. The summed E-state index contributed by atoms with van der Waals surface area (Å²) < 4.78 is 15.9. The second kappa shape index (κ2) is 9.26. The molecule has 1 heterocycles. The summed E-state index contributed by atoms with van der Waals surface area (Å²) in [6.07, 6.45) is 1.69. The molecular formula is C23H25FN4OS. The van der Waals surface area contributed by atoms with E-state index in [1.165, 1.54) is 23.4 Å². The largest absolute Gasteiger partial charge is 0.325 e. The van der Waals surface area contributed by atoms with Gasteiger partial charge >= 0.3 is 0 Å². The van der Waals surface area contributed by atoms with E-state index in [1.807, 2.05) is 24.3 Å². The zero-order chi connectivity index (χ0) is 21.7. The van der Waals surface area contributed by atoms with Crippen molar-refractivity contribution in [1.29, 1.82) is 0 Å². The molecule has 0 saturated heterocycles. The molecule has 0 aliphatic carbocycles. The molecule has 5 nitrogen and oxygen atoms in total. The molecule has 3 rings (SSSR count). The number of anilines is 1. The van der Waals surface area contributed by atoms with Gasteiger partial charge in [-0.2, -0.15) is 0 Å². The molecule has 0 fully saturated rings. The average molecular weight is 425 g/mol. The molecule has 3 aromatic rings. The highest BCUT2D eigenvalue weighted by Crippen LogP contribution is 2.27. The first-order valence-corrected chi connectivity index (χ1v) is 10.6. The van der Waals surface area contributed by atoms with Crippen LogP contribution in [0.3, 0.4) is 0 Å². The molecule has 0 saturated carbocycles. The molecule has 30 heavy (non-hydrogen) atoms. The minimum Gasteiger partial charge on any atom is -0.325 e. The van der Waals surface area contributed by atoms with Crippen LogP contribution in [0.25, 0.3) is 11.4 Å². The van der Waals surface area contributed by atoms with Gasteiger partial charge in [-0.05, 0) is 35.2 Å². The third-order valence-electron chi connectivity index (χ3n) is 4.51. The van der Waals surface area contributed by atoms with Gasteiger partial charge in [0.15, 0.2) is 11.0 Å². The maximum absolute atomic E-state index is 14.2. The van der Waals surface area contributed by atoms with E-state index in [-0.39, 0.29) is 22.9 Å². The van der Waals surface area contributed by atoms with E-state index < -0.39 is 0 Å². The van der Waals surface area contributed by atoms with Gasteiger partial charge in [-0.3, -0.25) is 9.36 Å². The van der Waals surface area contributed by atoms with Crippen molar-refractivity contribution in [3.05, 3.63) is 72.6 Å². The molecule has 7 heteroatoms. The second-order valence-corrected chi connectivity index (χ2v) is 8.79. The first-order chi connectivity index (χ1) is 14.3. The van der Waals surface area contributed by atoms with Gasteiger partial charge in [0.05, 0.1) is 11.3 Å². The highest BCUT2D eigenvalue weighted by atomic mass is 32.2. The highest BCUT2D eigenvalue weighted by molar-refractivity contribution is 7.99. The van der Waals surface area contributed by atoms with Gasteiger partial charge in [-0.15, -0.1) is 16.8 Å². The van der Waals surface area contributed by atoms with Crippen LogP contribution >= 0.6 is 11.8 Å². The number of halogens is 1. The summed E-state index contributed by atoms with van der Waals surface area (Å²) >= 11 is 1.25. The van der Waals surface area contributed by atoms with Crippen LogP contribution in [0.1, 0.15) is 26.3 Å². The number of allylic oxidation sites excluding steroid dienone is 1. The Morgan fingerprint density at radius 2 is 1.87 bits per heavy atom. The van der Waals surface area contributed by atoms with Gasteiger partial charge in [-0.1, -0.05) is 62.9 Å². The number of carbonyl (C=O) groups excluding carboxylic acids is 1. The maximum atomic E-state index is 14.2. The molecule has 0 radical (unpaired) electrons. The SMILES string of the molecule is C=CCn1c(SCC(=O)Nc2ccc(C(C)(C)C)cc2)nnc1-c1ccccc1F. The standard InChI is InChI=1S/C23H25FN4OS/c1-5-14-28-21(18-8-6-7-9-19(18)24)26-27-22(28)30-15-20(29)25-17-12-10-16(11-13-17)23(2,3)4/h5-13H,1,14-15H2,2-4H3,(H,25,29). The minimum atomic E-state index is -0.372. The van der Waals surface area contributed by atoms with Crippen molar-refractivity contribution in [2.75, 3.05) is 11.1 Å². The number of hydrogen-bond donors (Lipinski definition) is 1. The molecule has 156 valence electrons. The van der Waals surface area contributed by atoms with Crippen molar-refractivity contribution >= 4 is 23.4 Å². The maximum Gasteiger partial charge on any atom is 0.234 e. The first-order valence-electron chi connectivity index (χ1n) is 9.62. The van der Waals surface area contributed by atoms with E-state index in [9.17, 15) is 9.18 Å². The van der Waals surface area contributed by atoms with E-state index in [1.54, 1.807) is 28.8 Å². The Morgan fingerprint density at radius 1 is 1.17 bits per heavy atom. The van der Waals surface area contributed by atoms with E-state index in [0.29, 0.717) is 23.1 Å². The summed E-state index contributed by atoms with van der Waals surface area (Å²) in [6, 6.07) is 14.3. The fourth-order valence-corrected chi connectivity index (χ4v) is 3.66. The van der Waals surface area contributed by atoms with Gasteiger partial charge in [0.25, 0.3) is 0 Å². The Balaban J connectivity index is 1.69. The molecule has 2 aromatic carbocycles. The van der Waals surface area contributed by atoms with Gasteiger partial charge in [0.1, 0.15) is 5.82 Å². The lowest BCUT2D eigenvalue weighted by Gasteiger charge is -2.19. The summed E-state index contributed by atoms with van der Waals surface area (Å²) in [6.45, 7) is 10.6. The lowest BCUT2D eigenvalue weighted by atomic mass is 9.87. The predicted octanol–water partition coefficient (Wildman–Crippen LogP) is 5.30. The number of rotatable bonds is 7. The van der Waals surface area contributed by atoms with Crippen LogP contribution in [0.2, 0.25) is 0 Å². The summed E-state index contributed by atoms with van der Waals surface area (Å²) in [5.41, 5.74) is 2.37. The highest BCUT2D eigenvalue weighted by Gasteiger charge is 2.18. The van der Waals surface area contributed by atoms with Crippen LogP contribution in [0.4, 0.5) is 10.1 Å². The number of thioether (sulfide) groups is 1. The zero-order valence-corrected chi connectivity index (χ0v) is 18.2. The van der Waals surface area contributed by atoms with E-state index in [2.05, 4.69) is 42.9 Å². The number of carbonyl (C=O) groups is 1. The lowest BCUT2D eigenvalue weighted by Crippen LogP contribution is -2.15. The van der Waals surface area contributed by atoms with E-state index >= 15 is 0 Å². The second-order valence-electron chi connectivity index (χ2n) is 7.85.